The Morgan fingerprint density at radius 3 is 2.75 bits per heavy atom. The van der Waals surface area contributed by atoms with Gasteiger partial charge in [0.1, 0.15) is 23.0 Å². The van der Waals surface area contributed by atoms with Crippen molar-refractivity contribution in [3.05, 3.63) is 65.4 Å². The van der Waals surface area contributed by atoms with Crippen molar-refractivity contribution < 1.29 is 19.0 Å². The molecule has 4 rings (SSSR count). The number of hydrogen-bond donors (Lipinski definition) is 1. The molecule has 2 heterocycles. The van der Waals surface area contributed by atoms with Crippen LogP contribution in [0, 0.1) is 0 Å². The van der Waals surface area contributed by atoms with Crippen molar-refractivity contribution in [1.29, 1.82) is 0 Å². The van der Waals surface area contributed by atoms with Crippen molar-refractivity contribution in [1.82, 2.24) is 5.43 Å². The first-order valence-corrected chi connectivity index (χ1v) is 7.42. The number of esters is 1. The second-order valence-corrected chi connectivity index (χ2v) is 5.33. The summed E-state index contributed by atoms with van der Waals surface area (Å²) in [7, 11) is 1.58. The van der Waals surface area contributed by atoms with E-state index in [1.54, 1.807) is 55.8 Å². The fourth-order valence-electron chi connectivity index (χ4n) is 2.58. The summed E-state index contributed by atoms with van der Waals surface area (Å²) in [6, 6.07) is 12.0. The maximum absolute atomic E-state index is 12.3. The molecule has 1 N–H and O–H groups in total. The first-order chi connectivity index (χ1) is 11.7. The Balaban J connectivity index is 1.57. The summed E-state index contributed by atoms with van der Waals surface area (Å²) < 4.78 is 16.1. The highest BCUT2D eigenvalue weighted by atomic mass is 16.5. The molecule has 120 valence electrons. The number of carbonyl (C=O) groups excluding carboxylic acids is 1. The van der Waals surface area contributed by atoms with Crippen LogP contribution >= 0.6 is 0 Å². The van der Waals surface area contributed by atoms with Gasteiger partial charge in [-0.2, -0.15) is 5.10 Å². The van der Waals surface area contributed by atoms with Crippen LogP contribution in [0.5, 0.6) is 17.2 Å². The van der Waals surface area contributed by atoms with Crippen molar-refractivity contribution >= 4 is 11.7 Å². The minimum absolute atomic E-state index is 0.434. The van der Waals surface area contributed by atoms with Gasteiger partial charge in [-0.15, -0.1) is 0 Å². The summed E-state index contributed by atoms with van der Waals surface area (Å²) in [4.78, 5) is 12.3. The number of nitrogens with zero attached hydrogens (tertiary/aromatic N) is 1. The fourth-order valence-corrected chi connectivity index (χ4v) is 2.58. The quantitative estimate of drug-likeness (QED) is 0.694. The van der Waals surface area contributed by atoms with Gasteiger partial charge in [0.15, 0.2) is 0 Å². The van der Waals surface area contributed by atoms with Gasteiger partial charge in [0, 0.05) is 11.1 Å². The molecule has 6 heteroatoms. The molecule has 0 spiro atoms. The lowest BCUT2D eigenvalue weighted by atomic mass is 10.0. The monoisotopic (exact) mass is 322 g/mol. The van der Waals surface area contributed by atoms with Gasteiger partial charge >= 0.3 is 5.97 Å². The number of benzene rings is 2. The highest BCUT2D eigenvalue weighted by Crippen LogP contribution is 2.32. The van der Waals surface area contributed by atoms with Crippen LogP contribution in [0.15, 0.2) is 59.4 Å². The van der Waals surface area contributed by atoms with Crippen LogP contribution in [0.3, 0.4) is 0 Å². The van der Waals surface area contributed by atoms with Crippen LogP contribution in [-0.4, -0.2) is 25.3 Å². The van der Waals surface area contributed by atoms with Gasteiger partial charge < -0.3 is 19.6 Å². The van der Waals surface area contributed by atoms with Crippen molar-refractivity contribution in [2.45, 2.75) is 0 Å². The molecule has 0 aliphatic carbocycles. The molecule has 0 fully saturated rings. The summed E-state index contributed by atoms with van der Waals surface area (Å²) in [5.74, 6) is 1.37. The third kappa shape index (κ3) is 2.48. The molecule has 0 aromatic heterocycles. The number of rotatable bonds is 3. The number of fused-ring (bicyclic) bond motifs is 3. The molecule has 0 atom stereocenters. The lowest BCUT2D eigenvalue weighted by Crippen LogP contribution is -2.13. The van der Waals surface area contributed by atoms with Gasteiger partial charge in [-0.05, 0) is 42.5 Å². The summed E-state index contributed by atoms with van der Waals surface area (Å²) in [6.07, 6.45) is 1.68. The van der Waals surface area contributed by atoms with Gasteiger partial charge in [0.05, 0.1) is 25.5 Å². The van der Waals surface area contributed by atoms with Crippen LogP contribution in [0.25, 0.3) is 0 Å². The lowest BCUT2D eigenvalue weighted by molar-refractivity contribution is 0.0734. The van der Waals surface area contributed by atoms with Crippen molar-refractivity contribution in [3.63, 3.8) is 0 Å². The Morgan fingerprint density at radius 2 is 1.96 bits per heavy atom. The number of methoxy groups -OCH3 is 1. The van der Waals surface area contributed by atoms with Crippen LogP contribution in [0.2, 0.25) is 0 Å². The van der Waals surface area contributed by atoms with Crippen LogP contribution in [0.4, 0.5) is 0 Å². The average Bonchev–Trinajstić information content (AvgIpc) is 3.11. The van der Waals surface area contributed by atoms with Crippen molar-refractivity contribution in [3.8, 4) is 17.2 Å². The summed E-state index contributed by atoms with van der Waals surface area (Å²) >= 11 is 0. The molecule has 2 aromatic carbocycles. The minimum atomic E-state index is -0.434. The third-order valence-corrected chi connectivity index (χ3v) is 3.84. The number of carbonyl (C=O) groups is 1. The lowest BCUT2D eigenvalue weighted by Gasteiger charge is -2.16. The molecule has 0 unspecified atom stereocenters. The molecular formula is C18H14N2O4. The van der Waals surface area contributed by atoms with E-state index >= 15 is 0 Å². The molecule has 0 saturated heterocycles. The Labute approximate surface area is 138 Å². The summed E-state index contributed by atoms with van der Waals surface area (Å²) in [6.45, 7) is 0.630. The van der Waals surface area contributed by atoms with E-state index in [-0.39, 0.29) is 0 Å². The Kier molecular flexibility index (Phi) is 3.42. The standard InChI is InChI=1S/C18H14N2O4/c1-22-13-4-2-11(3-5-13)18(21)24-14-6-7-16-15(8-14)17-12(10-23-16)9-19-20-17/h2-8,10,19H,9H2,1H3. The normalized spacial score (nSPS) is 14.4. The first kappa shape index (κ1) is 14.3. The molecule has 0 amide bonds. The zero-order valence-electron chi connectivity index (χ0n) is 12.9. The van der Waals surface area contributed by atoms with Gasteiger partial charge in [0.2, 0.25) is 0 Å². The average molecular weight is 322 g/mol. The van der Waals surface area contributed by atoms with Crippen LogP contribution < -0.4 is 19.6 Å². The molecule has 2 aromatic rings. The zero-order valence-corrected chi connectivity index (χ0v) is 12.9. The van der Waals surface area contributed by atoms with Gasteiger partial charge in [0.25, 0.3) is 0 Å². The first-order valence-electron chi connectivity index (χ1n) is 7.42. The smallest absolute Gasteiger partial charge is 0.343 e. The number of ether oxygens (including phenoxy) is 3. The maximum Gasteiger partial charge on any atom is 0.343 e. The van der Waals surface area contributed by atoms with Crippen molar-refractivity contribution in [2.75, 3.05) is 13.7 Å². The Bertz CT molecular complexity index is 869. The van der Waals surface area contributed by atoms with Crippen molar-refractivity contribution in [2.24, 2.45) is 5.10 Å². The maximum atomic E-state index is 12.3. The Hall–Kier alpha value is -3.28. The highest BCUT2D eigenvalue weighted by molar-refractivity contribution is 6.16. The predicted octanol–water partition coefficient (Wildman–Crippen LogP) is 2.50. The predicted molar refractivity (Wildman–Crippen MR) is 87.6 cm³/mol. The van der Waals surface area contributed by atoms with E-state index in [9.17, 15) is 4.79 Å². The molecule has 0 saturated carbocycles. The molecule has 2 aliphatic rings. The van der Waals surface area contributed by atoms with E-state index in [4.69, 9.17) is 14.2 Å². The molecule has 0 bridgehead atoms. The summed E-state index contributed by atoms with van der Waals surface area (Å²) in [5, 5.41) is 4.26. The van der Waals surface area contributed by atoms with Gasteiger partial charge in [-0.25, -0.2) is 4.79 Å². The second-order valence-electron chi connectivity index (χ2n) is 5.33. The molecular weight excluding hydrogens is 308 g/mol. The van der Waals surface area contributed by atoms with Crippen LogP contribution in [-0.2, 0) is 0 Å². The molecule has 2 aliphatic heterocycles. The number of hydrazone groups is 1. The SMILES string of the molecule is COc1ccc(C(=O)Oc2ccc3c(c2)C2=NNCC2=CO3)cc1. The topological polar surface area (TPSA) is 69.2 Å². The summed E-state index contributed by atoms with van der Waals surface area (Å²) in [5.41, 5.74) is 5.97. The Morgan fingerprint density at radius 1 is 1.17 bits per heavy atom. The van der Waals surface area contributed by atoms with E-state index in [0.717, 1.165) is 16.8 Å². The number of nitrogens with one attached hydrogen (secondary N) is 1. The van der Waals surface area contributed by atoms with E-state index in [1.165, 1.54) is 0 Å². The highest BCUT2D eigenvalue weighted by Gasteiger charge is 2.24. The van der Waals surface area contributed by atoms with Gasteiger partial charge in [-0.1, -0.05) is 0 Å². The molecule has 6 nitrogen and oxygen atoms in total. The van der Waals surface area contributed by atoms with E-state index in [0.29, 0.717) is 29.4 Å². The van der Waals surface area contributed by atoms with Gasteiger partial charge in [-0.3, -0.25) is 0 Å². The zero-order chi connectivity index (χ0) is 16.5. The third-order valence-electron chi connectivity index (χ3n) is 3.84. The fraction of sp³-hybridized carbons (Fsp3) is 0.111. The van der Waals surface area contributed by atoms with Crippen LogP contribution in [0.1, 0.15) is 15.9 Å². The van der Waals surface area contributed by atoms with E-state index in [2.05, 4.69) is 10.5 Å². The second kappa shape index (κ2) is 5.73. The number of hydrogen-bond acceptors (Lipinski definition) is 6. The van der Waals surface area contributed by atoms with E-state index < -0.39 is 5.97 Å². The largest absolute Gasteiger partial charge is 0.497 e. The molecule has 24 heavy (non-hydrogen) atoms. The van der Waals surface area contributed by atoms with E-state index in [1.807, 2.05) is 0 Å². The molecule has 0 radical (unpaired) electrons. The minimum Gasteiger partial charge on any atom is -0.497 e.